The summed E-state index contributed by atoms with van der Waals surface area (Å²) in [5.74, 6) is -1.99. The van der Waals surface area contributed by atoms with E-state index in [0.717, 1.165) is 25.5 Å². The Kier molecular flexibility index (Phi) is 5.54. The Balaban J connectivity index is 2.19. The second-order valence-electron chi connectivity index (χ2n) is 5.26. The van der Waals surface area contributed by atoms with Gasteiger partial charge in [0.2, 0.25) is 10.0 Å². The van der Waals surface area contributed by atoms with Gasteiger partial charge in [0.1, 0.15) is 16.5 Å². The van der Waals surface area contributed by atoms with Gasteiger partial charge in [0.15, 0.2) is 0 Å². The number of rotatable bonds is 6. The summed E-state index contributed by atoms with van der Waals surface area (Å²) in [5.41, 5.74) is -0.504. The fourth-order valence-electron chi connectivity index (χ4n) is 2.49. The molecule has 0 saturated carbocycles. The van der Waals surface area contributed by atoms with Crippen LogP contribution in [0.3, 0.4) is 0 Å². The van der Waals surface area contributed by atoms with Crippen LogP contribution >= 0.6 is 15.9 Å². The molecule has 1 fully saturated rings. The molecule has 0 spiro atoms. The average Bonchev–Trinajstić information content (AvgIpc) is 2.90. The summed E-state index contributed by atoms with van der Waals surface area (Å²) in [5, 5.41) is 3.22. The minimum atomic E-state index is -4.09. The third-order valence-electron chi connectivity index (χ3n) is 3.62. The molecule has 0 aliphatic carbocycles. The van der Waals surface area contributed by atoms with Crippen molar-refractivity contribution in [3.05, 3.63) is 28.2 Å². The standard InChI is InChI=1S/C13H17BrF2N2O3S/c1-21-8-13(3-2-4-17-13)7-18-22(19,20)12-5-9(14)10(15)6-11(12)16/h5-6,17-18H,2-4,7-8H2,1H3. The van der Waals surface area contributed by atoms with E-state index in [1.807, 2.05) is 0 Å². The number of hydrogen-bond acceptors (Lipinski definition) is 4. The van der Waals surface area contributed by atoms with Crippen LogP contribution in [0.5, 0.6) is 0 Å². The van der Waals surface area contributed by atoms with Crippen molar-refractivity contribution in [2.75, 3.05) is 26.8 Å². The molecule has 0 bridgehead atoms. The first-order valence-corrected chi connectivity index (χ1v) is 8.95. The zero-order valence-electron chi connectivity index (χ0n) is 12.0. The summed E-state index contributed by atoms with van der Waals surface area (Å²) in [6, 6.07) is 1.45. The van der Waals surface area contributed by atoms with Gasteiger partial charge in [-0.1, -0.05) is 0 Å². The lowest BCUT2D eigenvalue weighted by atomic mass is 9.99. The van der Waals surface area contributed by atoms with E-state index in [2.05, 4.69) is 26.0 Å². The molecule has 2 N–H and O–H groups in total. The third-order valence-corrected chi connectivity index (χ3v) is 5.64. The fourth-order valence-corrected chi connectivity index (χ4v) is 4.20. The highest BCUT2D eigenvalue weighted by atomic mass is 79.9. The van der Waals surface area contributed by atoms with E-state index in [1.54, 1.807) is 0 Å². The monoisotopic (exact) mass is 398 g/mol. The Morgan fingerprint density at radius 1 is 1.41 bits per heavy atom. The van der Waals surface area contributed by atoms with E-state index in [-0.39, 0.29) is 11.0 Å². The molecule has 0 amide bonds. The number of ether oxygens (including phenoxy) is 1. The number of benzene rings is 1. The van der Waals surface area contributed by atoms with Crippen LogP contribution in [0.4, 0.5) is 8.78 Å². The van der Waals surface area contributed by atoms with Gasteiger partial charge in [-0.15, -0.1) is 0 Å². The first-order chi connectivity index (χ1) is 10.3. The SMILES string of the molecule is COCC1(CNS(=O)(=O)c2cc(Br)c(F)cc2F)CCCN1. The smallest absolute Gasteiger partial charge is 0.243 e. The molecule has 124 valence electrons. The second kappa shape index (κ2) is 6.88. The molecule has 0 radical (unpaired) electrons. The number of methoxy groups -OCH3 is 1. The van der Waals surface area contributed by atoms with Crippen molar-refractivity contribution >= 4 is 26.0 Å². The van der Waals surface area contributed by atoms with Gasteiger partial charge in [0.05, 0.1) is 16.6 Å². The molecule has 1 heterocycles. The van der Waals surface area contributed by atoms with Crippen LogP contribution in [0, 0.1) is 11.6 Å². The van der Waals surface area contributed by atoms with E-state index in [9.17, 15) is 17.2 Å². The molecule has 5 nitrogen and oxygen atoms in total. The van der Waals surface area contributed by atoms with Crippen LogP contribution in [0.2, 0.25) is 0 Å². The van der Waals surface area contributed by atoms with Gasteiger partial charge in [0.25, 0.3) is 0 Å². The second-order valence-corrected chi connectivity index (χ2v) is 7.85. The summed E-state index contributed by atoms with van der Waals surface area (Å²) in [6.07, 6.45) is 1.65. The van der Waals surface area contributed by atoms with Crippen molar-refractivity contribution < 1.29 is 21.9 Å². The highest BCUT2D eigenvalue weighted by Gasteiger charge is 2.35. The molecular weight excluding hydrogens is 382 g/mol. The topological polar surface area (TPSA) is 67.4 Å². The molecule has 1 unspecified atom stereocenters. The van der Waals surface area contributed by atoms with Crippen LogP contribution in [0.15, 0.2) is 21.5 Å². The molecule has 22 heavy (non-hydrogen) atoms. The Bertz CT molecular complexity index is 649. The third kappa shape index (κ3) is 3.83. The van der Waals surface area contributed by atoms with Crippen molar-refractivity contribution in [3.8, 4) is 0 Å². The quantitative estimate of drug-likeness (QED) is 0.716. The lowest BCUT2D eigenvalue weighted by molar-refractivity contribution is 0.122. The summed E-state index contributed by atoms with van der Waals surface area (Å²) in [7, 11) is -2.56. The molecule has 0 aromatic heterocycles. The van der Waals surface area contributed by atoms with Gasteiger partial charge in [0, 0.05) is 19.7 Å². The summed E-state index contributed by atoms with van der Waals surface area (Å²) in [6.45, 7) is 1.17. The average molecular weight is 399 g/mol. The summed E-state index contributed by atoms with van der Waals surface area (Å²) in [4.78, 5) is -0.591. The van der Waals surface area contributed by atoms with Crippen LogP contribution in [-0.2, 0) is 14.8 Å². The molecule has 1 saturated heterocycles. The number of sulfonamides is 1. The Morgan fingerprint density at radius 2 is 2.14 bits per heavy atom. The number of hydrogen-bond donors (Lipinski definition) is 2. The van der Waals surface area contributed by atoms with Crippen molar-refractivity contribution in [2.24, 2.45) is 0 Å². The van der Waals surface area contributed by atoms with Crippen LogP contribution < -0.4 is 10.0 Å². The predicted molar refractivity (Wildman–Crippen MR) is 81.1 cm³/mol. The van der Waals surface area contributed by atoms with Crippen molar-refractivity contribution in [1.82, 2.24) is 10.0 Å². The van der Waals surface area contributed by atoms with E-state index in [4.69, 9.17) is 4.74 Å². The summed E-state index contributed by atoms with van der Waals surface area (Å²) < 4.78 is 58.9. The van der Waals surface area contributed by atoms with Gasteiger partial charge in [-0.05, 0) is 41.4 Å². The van der Waals surface area contributed by atoms with Gasteiger partial charge in [-0.25, -0.2) is 21.9 Å². The van der Waals surface area contributed by atoms with E-state index in [0.29, 0.717) is 12.7 Å². The molecule has 1 atom stereocenters. The van der Waals surface area contributed by atoms with Gasteiger partial charge in [-0.2, -0.15) is 0 Å². The van der Waals surface area contributed by atoms with E-state index >= 15 is 0 Å². The Morgan fingerprint density at radius 3 is 2.73 bits per heavy atom. The highest BCUT2D eigenvalue weighted by molar-refractivity contribution is 9.10. The first-order valence-electron chi connectivity index (χ1n) is 6.68. The Hall–Kier alpha value is -0.610. The molecule has 1 aliphatic rings. The predicted octanol–water partition coefficient (Wildman–Crippen LogP) is 1.77. The minimum Gasteiger partial charge on any atom is -0.383 e. The van der Waals surface area contributed by atoms with E-state index < -0.39 is 32.1 Å². The Labute approximate surface area is 136 Å². The van der Waals surface area contributed by atoms with Gasteiger partial charge in [-0.3, -0.25) is 0 Å². The molecule has 9 heteroatoms. The lowest BCUT2D eigenvalue weighted by Gasteiger charge is -2.28. The van der Waals surface area contributed by atoms with Crippen molar-refractivity contribution in [2.45, 2.75) is 23.3 Å². The zero-order chi connectivity index (χ0) is 16.4. The maximum Gasteiger partial charge on any atom is 0.243 e. The van der Waals surface area contributed by atoms with Crippen molar-refractivity contribution in [3.63, 3.8) is 0 Å². The molecule has 1 aromatic rings. The zero-order valence-corrected chi connectivity index (χ0v) is 14.4. The maximum atomic E-state index is 13.7. The molecule has 2 rings (SSSR count). The van der Waals surface area contributed by atoms with Crippen molar-refractivity contribution in [1.29, 1.82) is 0 Å². The van der Waals surface area contributed by atoms with Gasteiger partial charge >= 0.3 is 0 Å². The minimum absolute atomic E-state index is 0.0671. The summed E-state index contributed by atoms with van der Waals surface area (Å²) >= 11 is 2.86. The molecule has 1 aromatic carbocycles. The lowest BCUT2D eigenvalue weighted by Crippen LogP contribution is -2.52. The normalized spacial score (nSPS) is 22.2. The fraction of sp³-hybridized carbons (Fsp3) is 0.538. The number of halogens is 3. The maximum absolute atomic E-state index is 13.7. The largest absolute Gasteiger partial charge is 0.383 e. The van der Waals surface area contributed by atoms with Crippen LogP contribution in [0.1, 0.15) is 12.8 Å². The number of nitrogens with one attached hydrogen (secondary N) is 2. The molecule has 1 aliphatic heterocycles. The first kappa shape index (κ1) is 17.7. The molecular formula is C13H17BrF2N2O3S. The van der Waals surface area contributed by atoms with E-state index in [1.165, 1.54) is 7.11 Å². The highest BCUT2D eigenvalue weighted by Crippen LogP contribution is 2.24. The van der Waals surface area contributed by atoms with Gasteiger partial charge < -0.3 is 10.1 Å². The van der Waals surface area contributed by atoms with Crippen LogP contribution in [-0.4, -0.2) is 40.8 Å². The van der Waals surface area contributed by atoms with Crippen LogP contribution in [0.25, 0.3) is 0 Å².